The summed E-state index contributed by atoms with van der Waals surface area (Å²) in [5.74, 6) is 0.918. The maximum atomic E-state index is 5.82. The Morgan fingerprint density at radius 3 is 2.44 bits per heavy atom. The first-order chi connectivity index (χ1) is 7.33. The summed E-state index contributed by atoms with van der Waals surface area (Å²) in [6.45, 7) is 8.19. The van der Waals surface area contributed by atoms with Crippen LogP contribution in [0.25, 0.3) is 0 Å². The first-order valence-electron chi connectivity index (χ1n) is 5.49. The normalized spacial score (nSPS) is 14.4. The van der Waals surface area contributed by atoms with E-state index >= 15 is 0 Å². The zero-order valence-electron chi connectivity index (χ0n) is 10.5. The average Bonchev–Trinajstić information content (AvgIpc) is 2.49. The van der Waals surface area contributed by atoms with Crippen molar-refractivity contribution >= 4 is 15.9 Å². The Morgan fingerprint density at radius 1 is 1.44 bits per heavy atom. The SMILES string of the molecule is CN(CC(C)(C)C)C(CN)c1ccc(Br)o1. The van der Waals surface area contributed by atoms with Crippen LogP contribution in [0.1, 0.15) is 32.6 Å². The molecule has 2 N–H and O–H groups in total. The summed E-state index contributed by atoms with van der Waals surface area (Å²) in [7, 11) is 2.08. The van der Waals surface area contributed by atoms with Crippen molar-refractivity contribution in [3.8, 4) is 0 Å². The zero-order valence-corrected chi connectivity index (χ0v) is 12.0. The molecule has 0 bridgehead atoms. The maximum absolute atomic E-state index is 5.82. The number of hydrogen-bond donors (Lipinski definition) is 1. The van der Waals surface area contributed by atoms with Crippen LogP contribution in [0.3, 0.4) is 0 Å². The van der Waals surface area contributed by atoms with E-state index in [0.29, 0.717) is 6.54 Å². The largest absolute Gasteiger partial charge is 0.453 e. The number of likely N-dealkylation sites (N-methyl/N-ethyl adjacent to an activating group) is 1. The molecule has 0 aliphatic rings. The Hall–Kier alpha value is -0.320. The van der Waals surface area contributed by atoms with Crippen LogP contribution in [0.5, 0.6) is 0 Å². The lowest BCUT2D eigenvalue weighted by atomic mass is 9.95. The van der Waals surface area contributed by atoms with Crippen LogP contribution in [0, 0.1) is 5.41 Å². The molecule has 4 heteroatoms. The molecule has 0 amide bonds. The van der Waals surface area contributed by atoms with Crippen molar-refractivity contribution < 1.29 is 4.42 Å². The zero-order chi connectivity index (χ0) is 12.3. The molecular weight excluding hydrogens is 268 g/mol. The fourth-order valence-corrected chi connectivity index (χ4v) is 2.20. The minimum absolute atomic E-state index is 0.144. The third kappa shape index (κ3) is 3.92. The molecule has 0 saturated heterocycles. The summed E-state index contributed by atoms with van der Waals surface area (Å²) in [5, 5.41) is 0. The highest BCUT2D eigenvalue weighted by Crippen LogP contribution is 2.26. The van der Waals surface area contributed by atoms with Crippen LogP contribution < -0.4 is 5.73 Å². The second kappa shape index (κ2) is 5.34. The van der Waals surface area contributed by atoms with E-state index in [4.69, 9.17) is 10.2 Å². The molecule has 3 nitrogen and oxygen atoms in total. The lowest BCUT2D eigenvalue weighted by Crippen LogP contribution is -2.36. The lowest BCUT2D eigenvalue weighted by Gasteiger charge is -2.31. The molecule has 1 rings (SSSR count). The second-order valence-electron chi connectivity index (χ2n) is 5.37. The molecule has 92 valence electrons. The summed E-state index contributed by atoms with van der Waals surface area (Å²) in [6, 6.07) is 4.02. The number of furan rings is 1. The molecule has 16 heavy (non-hydrogen) atoms. The number of nitrogens with zero attached hydrogens (tertiary/aromatic N) is 1. The van der Waals surface area contributed by atoms with Crippen molar-refractivity contribution in [2.45, 2.75) is 26.8 Å². The Labute approximate surface area is 106 Å². The first kappa shape index (κ1) is 13.7. The van der Waals surface area contributed by atoms with Crippen molar-refractivity contribution in [3.63, 3.8) is 0 Å². The maximum Gasteiger partial charge on any atom is 0.169 e. The molecule has 0 fully saturated rings. The summed E-state index contributed by atoms with van der Waals surface area (Å²) in [5.41, 5.74) is 6.07. The summed E-state index contributed by atoms with van der Waals surface area (Å²) in [4.78, 5) is 2.24. The van der Waals surface area contributed by atoms with E-state index in [1.807, 2.05) is 12.1 Å². The standard InChI is InChI=1S/C12H21BrN2O/c1-12(2,3)8-15(4)9(7-14)10-5-6-11(13)16-10/h5-6,9H,7-8,14H2,1-4H3. The molecule has 0 aliphatic carbocycles. The predicted molar refractivity (Wildman–Crippen MR) is 70.3 cm³/mol. The molecular formula is C12H21BrN2O. The molecule has 1 heterocycles. The van der Waals surface area contributed by atoms with E-state index in [2.05, 4.69) is 48.6 Å². The van der Waals surface area contributed by atoms with Gasteiger partial charge in [0, 0.05) is 13.1 Å². The van der Waals surface area contributed by atoms with Gasteiger partial charge in [0.25, 0.3) is 0 Å². The first-order valence-corrected chi connectivity index (χ1v) is 6.28. The van der Waals surface area contributed by atoms with Gasteiger partial charge < -0.3 is 10.2 Å². The van der Waals surface area contributed by atoms with Gasteiger partial charge in [0.15, 0.2) is 4.67 Å². The summed E-state index contributed by atoms with van der Waals surface area (Å²) >= 11 is 3.31. The number of hydrogen-bond acceptors (Lipinski definition) is 3. The molecule has 1 aromatic heterocycles. The van der Waals surface area contributed by atoms with E-state index < -0.39 is 0 Å². The minimum Gasteiger partial charge on any atom is -0.453 e. The van der Waals surface area contributed by atoms with Gasteiger partial charge >= 0.3 is 0 Å². The number of rotatable bonds is 4. The van der Waals surface area contributed by atoms with Crippen LogP contribution in [0.15, 0.2) is 21.2 Å². The van der Waals surface area contributed by atoms with Crippen molar-refractivity contribution in [1.29, 1.82) is 0 Å². The molecule has 0 spiro atoms. The van der Waals surface area contributed by atoms with Crippen molar-refractivity contribution in [1.82, 2.24) is 4.90 Å². The monoisotopic (exact) mass is 288 g/mol. The number of halogens is 1. The molecule has 1 unspecified atom stereocenters. The van der Waals surface area contributed by atoms with Gasteiger partial charge in [-0.15, -0.1) is 0 Å². The average molecular weight is 289 g/mol. The Morgan fingerprint density at radius 2 is 2.06 bits per heavy atom. The van der Waals surface area contributed by atoms with Crippen LogP contribution in [-0.2, 0) is 0 Å². The Kier molecular flexibility index (Phi) is 4.59. The number of nitrogens with two attached hydrogens (primary N) is 1. The van der Waals surface area contributed by atoms with Crippen molar-refractivity contribution in [2.24, 2.45) is 11.1 Å². The Bertz CT molecular complexity index is 330. The van der Waals surface area contributed by atoms with Gasteiger partial charge in [0.1, 0.15) is 5.76 Å². The van der Waals surface area contributed by atoms with Gasteiger partial charge in [-0.3, -0.25) is 4.90 Å². The highest BCUT2D eigenvalue weighted by molar-refractivity contribution is 9.10. The van der Waals surface area contributed by atoms with Crippen molar-refractivity contribution in [3.05, 3.63) is 22.6 Å². The minimum atomic E-state index is 0.144. The molecule has 1 atom stereocenters. The fraction of sp³-hybridized carbons (Fsp3) is 0.667. The van der Waals surface area contributed by atoms with E-state index in [-0.39, 0.29) is 11.5 Å². The van der Waals surface area contributed by atoms with Gasteiger partial charge in [0.2, 0.25) is 0 Å². The van der Waals surface area contributed by atoms with Crippen LogP contribution in [0.4, 0.5) is 0 Å². The van der Waals surface area contributed by atoms with E-state index in [0.717, 1.165) is 17.0 Å². The lowest BCUT2D eigenvalue weighted by molar-refractivity contribution is 0.158. The quantitative estimate of drug-likeness (QED) is 0.926. The topological polar surface area (TPSA) is 42.4 Å². The van der Waals surface area contributed by atoms with Gasteiger partial charge in [-0.1, -0.05) is 20.8 Å². The van der Waals surface area contributed by atoms with Gasteiger partial charge in [-0.05, 0) is 40.5 Å². The highest BCUT2D eigenvalue weighted by Gasteiger charge is 2.23. The summed E-state index contributed by atoms with van der Waals surface area (Å²) in [6.07, 6.45) is 0. The van der Waals surface area contributed by atoms with Gasteiger partial charge in [-0.2, -0.15) is 0 Å². The molecule has 0 aliphatic heterocycles. The predicted octanol–water partition coefficient (Wildman–Crippen LogP) is 3.02. The smallest absolute Gasteiger partial charge is 0.169 e. The summed E-state index contributed by atoms with van der Waals surface area (Å²) < 4.78 is 6.32. The third-order valence-corrected chi connectivity index (χ3v) is 2.83. The van der Waals surface area contributed by atoms with E-state index in [9.17, 15) is 0 Å². The highest BCUT2D eigenvalue weighted by atomic mass is 79.9. The molecule has 0 saturated carbocycles. The van der Waals surface area contributed by atoms with E-state index in [1.54, 1.807) is 0 Å². The molecule has 0 radical (unpaired) electrons. The molecule has 0 aromatic carbocycles. The van der Waals surface area contributed by atoms with Crippen LogP contribution in [0.2, 0.25) is 0 Å². The van der Waals surface area contributed by atoms with Gasteiger partial charge in [-0.25, -0.2) is 0 Å². The van der Waals surface area contributed by atoms with E-state index in [1.165, 1.54) is 0 Å². The van der Waals surface area contributed by atoms with Gasteiger partial charge in [0.05, 0.1) is 6.04 Å². The third-order valence-electron chi connectivity index (χ3n) is 2.40. The Balaban J connectivity index is 2.74. The second-order valence-corrected chi connectivity index (χ2v) is 6.15. The van der Waals surface area contributed by atoms with Crippen LogP contribution in [-0.4, -0.2) is 25.0 Å². The van der Waals surface area contributed by atoms with Crippen LogP contribution >= 0.6 is 15.9 Å². The molecule has 1 aromatic rings. The fourth-order valence-electron chi connectivity index (χ4n) is 1.88. The van der Waals surface area contributed by atoms with Crippen molar-refractivity contribution in [2.75, 3.05) is 20.1 Å².